The molecule has 1 N–H and O–H groups in total. The molecule has 16 heavy (non-hydrogen) atoms. The number of aromatic nitrogens is 3. The molecular formula is C11H14N4O. The SMILES string of the molecule is c1cn(Cc2cnoc2)c(CNC2CC2)n1. The summed E-state index contributed by atoms with van der Waals surface area (Å²) in [6.07, 6.45) is 9.81. The van der Waals surface area contributed by atoms with Crippen LogP contribution in [0.2, 0.25) is 0 Å². The first-order chi connectivity index (χ1) is 7.92. The van der Waals surface area contributed by atoms with Gasteiger partial charge in [0.25, 0.3) is 0 Å². The highest BCUT2D eigenvalue weighted by molar-refractivity contribution is 5.04. The minimum atomic E-state index is 0.709. The highest BCUT2D eigenvalue weighted by atomic mass is 16.5. The van der Waals surface area contributed by atoms with Crippen molar-refractivity contribution in [3.05, 3.63) is 36.2 Å². The molecule has 5 heteroatoms. The van der Waals surface area contributed by atoms with Crippen LogP contribution in [-0.4, -0.2) is 20.7 Å². The summed E-state index contributed by atoms with van der Waals surface area (Å²) in [4.78, 5) is 4.35. The lowest BCUT2D eigenvalue weighted by Gasteiger charge is -2.06. The van der Waals surface area contributed by atoms with E-state index in [1.54, 1.807) is 12.5 Å². The monoisotopic (exact) mass is 218 g/mol. The van der Waals surface area contributed by atoms with Crippen molar-refractivity contribution in [1.29, 1.82) is 0 Å². The van der Waals surface area contributed by atoms with Gasteiger partial charge in [0.2, 0.25) is 0 Å². The first-order valence-corrected chi connectivity index (χ1v) is 5.53. The largest absolute Gasteiger partial charge is 0.364 e. The lowest BCUT2D eigenvalue weighted by Crippen LogP contribution is -2.19. The molecule has 0 aliphatic heterocycles. The zero-order valence-electron chi connectivity index (χ0n) is 8.97. The summed E-state index contributed by atoms with van der Waals surface area (Å²) in [6, 6.07) is 0.709. The van der Waals surface area contributed by atoms with Crippen LogP contribution < -0.4 is 5.32 Å². The predicted octanol–water partition coefficient (Wildman–Crippen LogP) is 1.17. The Hall–Kier alpha value is -1.62. The van der Waals surface area contributed by atoms with E-state index >= 15 is 0 Å². The fourth-order valence-corrected chi connectivity index (χ4v) is 1.68. The first kappa shape index (κ1) is 9.59. The molecule has 0 unspecified atom stereocenters. The molecule has 1 saturated carbocycles. The fourth-order valence-electron chi connectivity index (χ4n) is 1.68. The molecule has 0 amide bonds. The van der Waals surface area contributed by atoms with Crippen LogP contribution >= 0.6 is 0 Å². The van der Waals surface area contributed by atoms with Gasteiger partial charge in [0, 0.05) is 24.0 Å². The van der Waals surface area contributed by atoms with Crippen molar-refractivity contribution in [3.8, 4) is 0 Å². The number of hydrogen-bond acceptors (Lipinski definition) is 4. The molecule has 2 heterocycles. The maximum absolute atomic E-state index is 4.81. The fraction of sp³-hybridized carbons (Fsp3) is 0.455. The molecule has 0 saturated heterocycles. The van der Waals surface area contributed by atoms with Crippen molar-refractivity contribution >= 4 is 0 Å². The molecule has 1 aliphatic carbocycles. The summed E-state index contributed by atoms with van der Waals surface area (Å²) in [6.45, 7) is 1.61. The number of rotatable bonds is 5. The lowest BCUT2D eigenvalue weighted by molar-refractivity contribution is 0.418. The molecule has 5 nitrogen and oxygen atoms in total. The second-order valence-electron chi connectivity index (χ2n) is 4.16. The highest BCUT2D eigenvalue weighted by Crippen LogP contribution is 2.19. The molecule has 0 atom stereocenters. The zero-order valence-corrected chi connectivity index (χ0v) is 8.97. The van der Waals surface area contributed by atoms with Gasteiger partial charge in [-0.05, 0) is 12.8 Å². The average molecular weight is 218 g/mol. The van der Waals surface area contributed by atoms with Crippen molar-refractivity contribution in [2.24, 2.45) is 0 Å². The Morgan fingerprint density at radius 1 is 1.50 bits per heavy atom. The van der Waals surface area contributed by atoms with Crippen LogP contribution in [-0.2, 0) is 13.1 Å². The molecule has 2 aromatic rings. The van der Waals surface area contributed by atoms with E-state index in [-0.39, 0.29) is 0 Å². The van der Waals surface area contributed by atoms with Gasteiger partial charge in [-0.1, -0.05) is 5.16 Å². The molecule has 2 aromatic heterocycles. The Bertz CT molecular complexity index is 444. The number of nitrogens with zero attached hydrogens (tertiary/aromatic N) is 3. The van der Waals surface area contributed by atoms with Gasteiger partial charge in [-0.3, -0.25) is 0 Å². The van der Waals surface area contributed by atoms with E-state index in [0.717, 1.165) is 24.5 Å². The molecular weight excluding hydrogens is 204 g/mol. The topological polar surface area (TPSA) is 55.9 Å². The Balaban J connectivity index is 1.66. The van der Waals surface area contributed by atoms with Crippen molar-refractivity contribution in [2.75, 3.05) is 0 Å². The molecule has 0 aromatic carbocycles. The lowest BCUT2D eigenvalue weighted by atomic mass is 10.3. The van der Waals surface area contributed by atoms with E-state index < -0.39 is 0 Å². The molecule has 3 rings (SSSR count). The second kappa shape index (κ2) is 4.09. The number of nitrogens with one attached hydrogen (secondary N) is 1. The quantitative estimate of drug-likeness (QED) is 0.818. The second-order valence-corrected chi connectivity index (χ2v) is 4.16. The molecule has 1 aliphatic rings. The Morgan fingerprint density at radius 3 is 3.19 bits per heavy atom. The summed E-state index contributed by atoms with van der Waals surface area (Å²) in [5.74, 6) is 1.06. The first-order valence-electron chi connectivity index (χ1n) is 5.53. The van der Waals surface area contributed by atoms with Crippen molar-refractivity contribution in [2.45, 2.75) is 32.0 Å². The van der Waals surface area contributed by atoms with Crippen molar-refractivity contribution in [1.82, 2.24) is 20.0 Å². The summed E-state index contributed by atoms with van der Waals surface area (Å²) < 4.78 is 6.92. The van der Waals surface area contributed by atoms with Gasteiger partial charge < -0.3 is 14.4 Å². The van der Waals surface area contributed by atoms with Crippen LogP contribution in [0.15, 0.2) is 29.4 Å². The zero-order chi connectivity index (χ0) is 10.8. The van der Waals surface area contributed by atoms with E-state index in [1.165, 1.54) is 12.8 Å². The van der Waals surface area contributed by atoms with Gasteiger partial charge in [0.1, 0.15) is 12.1 Å². The Kier molecular flexibility index (Phi) is 2.46. The third kappa shape index (κ3) is 2.14. The Morgan fingerprint density at radius 2 is 2.44 bits per heavy atom. The standard InChI is InChI=1S/C11H14N4O/c1-2-10(1)13-6-11-12-3-4-15(11)7-9-5-14-16-8-9/h3-5,8,10,13H,1-2,6-7H2. The predicted molar refractivity (Wildman–Crippen MR) is 57.7 cm³/mol. The van der Waals surface area contributed by atoms with E-state index in [2.05, 4.69) is 20.0 Å². The molecule has 1 fully saturated rings. The van der Waals surface area contributed by atoms with Gasteiger partial charge in [0.15, 0.2) is 0 Å². The summed E-state index contributed by atoms with van der Waals surface area (Å²) in [5, 5.41) is 7.15. The van der Waals surface area contributed by atoms with Crippen LogP contribution in [0.3, 0.4) is 0 Å². The smallest absolute Gasteiger partial charge is 0.128 e. The number of hydrogen-bond donors (Lipinski definition) is 1. The van der Waals surface area contributed by atoms with E-state index in [4.69, 9.17) is 4.52 Å². The molecule has 84 valence electrons. The van der Waals surface area contributed by atoms with Gasteiger partial charge >= 0.3 is 0 Å². The van der Waals surface area contributed by atoms with Gasteiger partial charge in [-0.15, -0.1) is 0 Å². The molecule has 0 spiro atoms. The molecule has 0 radical (unpaired) electrons. The highest BCUT2D eigenvalue weighted by Gasteiger charge is 2.20. The van der Waals surface area contributed by atoms with E-state index in [0.29, 0.717) is 6.04 Å². The van der Waals surface area contributed by atoms with Crippen LogP contribution in [0.5, 0.6) is 0 Å². The van der Waals surface area contributed by atoms with E-state index in [9.17, 15) is 0 Å². The average Bonchev–Trinajstić information content (AvgIpc) is 2.79. The summed E-state index contributed by atoms with van der Waals surface area (Å²) in [5.41, 5.74) is 1.06. The maximum Gasteiger partial charge on any atom is 0.128 e. The maximum atomic E-state index is 4.81. The third-order valence-electron chi connectivity index (χ3n) is 2.76. The summed E-state index contributed by atoms with van der Waals surface area (Å²) >= 11 is 0. The van der Waals surface area contributed by atoms with E-state index in [1.807, 2.05) is 12.4 Å². The number of imidazole rings is 1. The van der Waals surface area contributed by atoms with Gasteiger partial charge in [-0.2, -0.15) is 0 Å². The van der Waals surface area contributed by atoms with Crippen molar-refractivity contribution < 1.29 is 4.52 Å². The minimum Gasteiger partial charge on any atom is -0.364 e. The summed E-state index contributed by atoms with van der Waals surface area (Å²) in [7, 11) is 0. The Labute approximate surface area is 93.5 Å². The van der Waals surface area contributed by atoms with Crippen molar-refractivity contribution in [3.63, 3.8) is 0 Å². The third-order valence-corrected chi connectivity index (χ3v) is 2.76. The van der Waals surface area contributed by atoms with Crippen LogP contribution in [0.25, 0.3) is 0 Å². The van der Waals surface area contributed by atoms with Gasteiger partial charge in [0.05, 0.1) is 19.3 Å². The van der Waals surface area contributed by atoms with Crippen LogP contribution in [0.4, 0.5) is 0 Å². The minimum absolute atomic E-state index is 0.709. The van der Waals surface area contributed by atoms with Crippen LogP contribution in [0, 0.1) is 0 Å². The van der Waals surface area contributed by atoms with Crippen LogP contribution in [0.1, 0.15) is 24.2 Å². The normalized spacial score (nSPS) is 15.5. The molecule has 0 bridgehead atoms. The van der Waals surface area contributed by atoms with Gasteiger partial charge in [-0.25, -0.2) is 4.98 Å².